The molecule has 0 aromatic heterocycles. The maximum Gasteiger partial charge on any atom is 0.411 e. The summed E-state index contributed by atoms with van der Waals surface area (Å²) in [5.74, 6) is 0. The molecule has 0 aliphatic rings. The van der Waals surface area contributed by atoms with Gasteiger partial charge in [0.2, 0.25) is 0 Å². The molecule has 8 heteroatoms. The third-order valence-electron chi connectivity index (χ3n) is 2.10. The van der Waals surface area contributed by atoms with Gasteiger partial charge in [0.15, 0.2) is 0 Å². The van der Waals surface area contributed by atoms with Crippen LogP contribution in [0.1, 0.15) is 26.2 Å². The van der Waals surface area contributed by atoms with Crippen LogP contribution >= 0.6 is 0 Å². The number of halogens is 6. The molecule has 0 aliphatic carbocycles. The van der Waals surface area contributed by atoms with Crippen molar-refractivity contribution in [2.24, 2.45) is 0 Å². The van der Waals surface area contributed by atoms with Gasteiger partial charge in [0, 0.05) is 19.0 Å². The average molecular weight is 281 g/mol. The largest absolute Gasteiger partial charge is 0.411 e. The van der Waals surface area contributed by atoms with Crippen molar-refractivity contribution in [1.29, 1.82) is 0 Å². The highest BCUT2D eigenvalue weighted by Crippen LogP contribution is 2.22. The summed E-state index contributed by atoms with van der Waals surface area (Å²) in [5, 5.41) is 2.80. The molecule has 1 N–H and O–H groups in total. The van der Waals surface area contributed by atoms with Crippen molar-refractivity contribution in [3.63, 3.8) is 0 Å². The zero-order chi connectivity index (χ0) is 14.2. The summed E-state index contributed by atoms with van der Waals surface area (Å²) in [7, 11) is 0. The standard InChI is InChI=1S/C10H17F6NO/c1-8(3-2-4-9(11,12)13)17-5-6-18-7-10(14,15)16/h8,17H,2-7H2,1H3. The van der Waals surface area contributed by atoms with Crippen LogP contribution in [0.25, 0.3) is 0 Å². The number of ether oxygens (including phenoxy) is 1. The summed E-state index contributed by atoms with van der Waals surface area (Å²) in [5.41, 5.74) is 0. The van der Waals surface area contributed by atoms with Gasteiger partial charge in [0.1, 0.15) is 6.61 Å². The van der Waals surface area contributed by atoms with Gasteiger partial charge in [-0.3, -0.25) is 0 Å². The van der Waals surface area contributed by atoms with Gasteiger partial charge in [-0.15, -0.1) is 0 Å². The van der Waals surface area contributed by atoms with E-state index in [-0.39, 0.29) is 25.6 Å². The molecule has 0 fully saturated rings. The Labute approximate surface area is 102 Å². The minimum absolute atomic E-state index is 0.00107. The predicted molar refractivity (Wildman–Crippen MR) is 54.2 cm³/mol. The summed E-state index contributed by atoms with van der Waals surface area (Å²) in [4.78, 5) is 0. The first kappa shape index (κ1) is 17.5. The van der Waals surface area contributed by atoms with Gasteiger partial charge in [-0.25, -0.2) is 0 Å². The zero-order valence-corrected chi connectivity index (χ0v) is 10.00. The molecule has 0 rings (SSSR count). The van der Waals surface area contributed by atoms with E-state index >= 15 is 0 Å². The second kappa shape index (κ2) is 7.83. The zero-order valence-electron chi connectivity index (χ0n) is 10.00. The van der Waals surface area contributed by atoms with Crippen LogP contribution in [0, 0.1) is 0 Å². The van der Waals surface area contributed by atoms with Gasteiger partial charge >= 0.3 is 12.4 Å². The quantitative estimate of drug-likeness (QED) is 0.544. The van der Waals surface area contributed by atoms with E-state index in [1.54, 1.807) is 6.92 Å². The first-order valence-electron chi connectivity index (χ1n) is 5.55. The number of nitrogens with one attached hydrogen (secondary N) is 1. The van der Waals surface area contributed by atoms with Crippen LogP contribution in [0.4, 0.5) is 26.3 Å². The highest BCUT2D eigenvalue weighted by molar-refractivity contribution is 4.62. The van der Waals surface area contributed by atoms with Gasteiger partial charge in [0.25, 0.3) is 0 Å². The molecular formula is C10H17F6NO. The van der Waals surface area contributed by atoms with Gasteiger partial charge in [-0.05, 0) is 19.8 Å². The lowest BCUT2D eigenvalue weighted by Gasteiger charge is -2.14. The van der Waals surface area contributed by atoms with E-state index in [4.69, 9.17) is 0 Å². The molecule has 0 heterocycles. The fourth-order valence-corrected chi connectivity index (χ4v) is 1.28. The Kier molecular flexibility index (Phi) is 7.61. The third-order valence-corrected chi connectivity index (χ3v) is 2.10. The predicted octanol–water partition coefficient (Wildman–Crippen LogP) is 3.28. The van der Waals surface area contributed by atoms with Crippen LogP contribution in [0.15, 0.2) is 0 Å². The molecule has 1 atom stereocenters. The summed E-state index contributed by atoms with van der Waals surface area (Å²) >= 11 is 0. The highest BCUT2D eigenvalue weighted by atomic mass is 19.4. The van der Waals surface area contributed by atoms with Crippen molar-refractivity contribution in [2.45, 2.75) is 44.6 Å². The van der Waals surface area contributed by atoms with Crippen LogP contribution < -0.4 is 5.32 Å². The van der Waals surface area contributed by atoms with Crippen LogP contribution in [0.5, 0.6) is 0 Å². The molecular weight excluding hydrogens is 264 g/mol. The molecule has 0 saturated heterocycles. The Balaban J connectivity index is 3.40. The molecule has 0 saturated carbocycles. The highest BCUT2D eigenvalue weighted by Gasteiger charge is 2.27. The number of rotatable bonds is 8. The third kappa shape index (κ3) is 13.6. The van der Waals surface area contributed by atoms with Crippen molar-refractivity contribution in [3.8, 4) is 0 Å². The van der Waals surface area contributed by atoms with Crippen LogP contribution in [-0.2, 0) is 4.74 Å². The van der Waals surface area contributed by atoms with Crippen LogP contribution in [-0.4, -0.2) is 38.2 Å². The SMILES string of the molecule is CC(CCCC(F)(F)F)NCCOCC(F)(F)F. The van der Waals surface area contributed by atoms with Gasteiger partial charge in [-0.2, -0.15) is 26.3 Å². The molecule has 1 unspecified atom stereocenters. The number of alkyl halides is 6. The lowest BCUT2D eigenvalue weighted by Crippen LogP contribution is -2.30. The molecule has 0 spiro atoms. The van der Waals surface area contributed by atoms with Crippen molar-refractivity contribution in [3.05, 3.63) is 0 Å². The van der Waals surface area contributed by atoms with Crippen molar-refractivity contribution in [2.75, 3.05) is 19.8 Å². The fourth-order valence-electron chi connectivity index (χ4n) is 1.28. The molecule has 18 heavy (non-hydrogen) atoms. The van der Waals surface area contributed by atoms with E-state index in [1.807, 2.05) is 0 Å². The summed E-state index contributed by atoms with van der Waals surface area (Å²) < 4.78 is 74.8. The van der Waals surface area contributed by atoms with E-state index in [2.05, 4.69) is 10.1 Å². The Morgan fingerprint density at radius 3 is 2.17 bits per heavy atom. The molecule has 2 nitrogen and oxygen atoms in total. The molecule has 0 amide bonds. The number of hydrogen-bond donors (Lipinski definition) is 1. The molecule has 0 aromatic carbocycles. The Morgan fingerprint density at radius 2 is 1.67 bits per heavy atom. The molecule has 0 radical (unpaired) electrons. The van der Waals surface area contributed by atoms with Gasteiger partial charge < -0.3 is 10.1 Å². The normalized spacial score (nSPS) is 14.8. The average Bonchev–Trinajstić information content (AvgIpc) is 2.13. The lowest BCUT2D eigenvalue weighted by atomic mass is 10.1. The maximum absolute atomic E-state index is 11.8. The van der Waals surface area contributed by atoms with E-state index in [1.165, 1.54) is 0 Å². The molecule has 0 aromatic rings. The summed E-state index contributed by atoms with van der Waals surface area (Å²) in [6.07, 6.45) is -9.03. The monoisotopic (exact) mass is 281 g/mol. The van der Waals surface area contributed by atoms with Crippen molar-refractivity contribution in [1.82, 2.24) is 5.32 Å². The Hall–Kier alpha value is -0.500. The van der Waals surface area contributed by atoms with Crippen molar-refractivity contribution >= 4 is 0 Å². The van der Waals surface area contributed by atoms with Crippen molar-refractivity contribution < 1.29 is 31.1 Å². The Bertz CT molecular complexity index is 215. The van der Waals surface area contributed by atoms with Gasteiger partial charge in [-0.1, -0.05) is 0 Å². The van der Waals surface area contributed by atoms with E-state index in [0.717, 1.165) is 0 Å². The minimum atomic E-state index is -4.35. The number of hydrogen-bond acceptors (Lipinski definition) is 2. The van der Waals surface area contributed by atoms with E-state index in [9.17, 15) is 26.3 Å². The molecule has 0 bridgehead atoms. The second-order valence-electron chi connectivity index (χ2n) is 4.03. The molecule has 110 valence electrons. The second-order valence-corrected chi connectivity index (χ2v) is 4.03. The first-order valence-corrected chi connectivity index (χ1v) is 5.55. The summed E-state index contributed by atoms with van der Waals surface area (Å²) in [6.45, 7) is 0.434. The maximum atomic E-state index is 11.8. The van der Waals surface area contributed by atoms with Crippen LogP contribution in [0.3, 0.4) is 0 Å². The smallest absolute Gasteiger partial charge is 0.371 e. The van der Waals surface area contributed by atoms with Gasteiger partial charge in [0.05, 0.1) is 6.61 Å². The Morgan fingerprint density at radius 1 is 1.06 bits per heavy atom. The lowest BCUT2D eigenvalue weighted by molar-refractivity contribution is -0.173. The molecule has 0 aliphatic heterocycles. The van der Waals surface area contributed by atoms with E-state index in [0.29, 0.717) is 6.42 Å². The summed E-state index contributed by atoms with van der Waals surface area (Å²) in [6, 6.07) is -0.179. The first-order chi connectivity index (χ1) is 8.10. The van der Waals surface area contributed by atoms with E-state index < -0.39 is 25.4 Å². The minimum Gasteiger partial charge on any atom is -0.371 e. The topological polar surface area (TPSA) is 21.3 Å². The fraction of sp³-hybridized carbons (Fsp3) is 1.00. The van der Waals surface area contributed by atoms with Crippen LogP contribution in [0.2, 0.25) is 0 Å².